The molecule has 0 heterocycles. The molecule has 0 bridgehead atoms. The number of carbonyl (C=O) groups is 2. The monoisotopic (exact) mass is 560 g/mol. The number of hydrogen-bond acceptors (Lipinski definition) is 2. The second kappa shape index (κ2) is 9.32. The minimum absolute atomic E-state index is 0.716. The Balaban J connectivity index is 1.37. The highest BCUT2D eigenvalue weighted by molar-refractivity contribution is 6.35. The minimum Gasteiger partial charge on any atom is -0.298 e. The van der Waals surface area contributed by atoms with Crippen molar-refractivity contribution in [3.8, 4) is 22.3 Å². The molecule has 0 saturated carbocycles. The third-order valence-electron chi connectivity index (χ3n) is 9.42. The van der Waals surface area contributed by atoms with Crippen LogP contribution in [0.25, 0.3) is 86.9 Å². The van der Waals surface area contributed by atoms with E-state index in [-0.39, 0.29) is 0 Å². The molecule has 0 aliphatic carbocycles. The van der Waals surface area contributed by atoms with E-state index in [0.717, 1.165) is 67.1 Å². The van der Waals surface area contributed by atoms with Gasteiger partial charge in [-0.25, -0.2) is 0 Å². The molecule has 0 fully saturated rings. The SMILES string of the molecule is O=Cc1c(-c2ccc3c4cccc5c(-c6ccc7ccccc7c6C=O)ccc(c6cccc2c63)c54)ccc2ccccc12. The lowest BCUT2D eigenvalue weighted by molar-refractivity contribution is 0.111. The van der Waals surface area contributed by atoms with E-state index in [0.29, 0.717) is 11.1 Å². The van der Waals surface area contributed by atoms with Crippen LogP contribution in [0.15, 0.2) is 133 Å². The fraction of sp³-hybridized carbons (Fsp3) is 0. The van der Waals surface area contributed by atoms with Gasteiger partial charge in [-0.2, -0.15) is 0 Å². The third-order valence-corrected chi connectivity index (χ3v) is 9.42. The number of aldehydes is 2. The Labute approximate surface area is 253 Å². The quantitative estimate of drug-likeness (QED) is 0.122. The lowest BCUT2D eigenvalue weighted by Gasteiger charge is -2.19. The van der Waals surface area contributed by atoms with E-state index < -0.39 is 0 Å². The van der Waals surface area contributed by atoms with Crippen molar-refractivity contribution in [2.75, 3.05) is 0 Å². The van der Waals surface area contributed by atoms with Gasteiger partial charge in [0.2, 0.25) is 0 Å². The zero-order valence-electron chi connectivity index (χ0n) is 23.7. The van der Waals surface area contributed by atoms with Crippen LogP contribution >= 0.6 is 0 Å². The van der Waals surface area contributed by atoms with Crippen molar-refractivity contribution >= 4 is 77.2 Å². The Morgan fingerprint density at radius 3 is 1.11 bits per heavy atom. The van der Waals surface area contributed by atoms with Gasteiger partial charge in [-0.3, -0.25) is 9.59 Å². The Morgan fingerprint density at radius 2 is 0.659 bits per heavy atom. The molecule has 0 amide bonds. The number of benzene rings is 9. The standard InChI is InChI=1S/C42H24O2/c43-23-39-27-9-3-1-7-25(27)15-17-31(39)29-19-21-37-36-14-6-12-34-30(32-18-16-26-8-2-4-10-28(26)40(32)24-44)20-22-38(42(34)36)35-13-5-11-33(29)41(35)37/h1-24H. The maximum Gasteiger partial charge on any atom is 0.151 e. The normalized spacial score (nSPS) is 11.8. The van der Waals surface area contributed by atoms with Gasteiger partial charge in [0.25, 0.3) is 0 Å². The summed E-state index contributed by atoms with van der Waals surface area (Å²) < 4.78 is 0. The third kappa shape index (κ3) is 3.31. The van der Waals surface area contributed by atoms with E-state index in [2.05, 4.69) is 84.9 Å². The molecule has 9 aromatic rings. The van der Waals surface area contributed by atoms with Crippen LogP contribution in [0, 0.1) is 0 Å². The molecule has 0 N–H and O–H groups in total. The van der Waals surface area contributed by atoms with Gasteiger partial charge in [-0.1, -0.05) is 133 Å². The molecule has 9 rings (SSSR count). The highest BCUT2D eigenvalue weighted by Crippen LogP contribution is 2.46. The zero-order chi connectivity index (χ0) is 29.4. The van der Waals surface area contributed by atoms with Crippen LogP contribution in [-0.2, 0) is 0 Å². The number of fused-ring (bicyclic) bond motifs is 4. The Hall–Kier alpha value is -5.86. The Morgan fingerprint density at radius 1 is 0.295 bits per heavy atom. The summed E-state index contributed by atoms with van der Waals surface area (Å²) in [5, 5.41) is 13.4. The van der Waals surface area contributed by atoms with Crippen molar-refractivity contribution in [3.63, 3.8) is 0 Å². The van der Waals surface area contributed by atoms with Crippen molar-refractivity contribution in [2.45, 2.75) is 0 Å². The molecule has 0 radical (unpaired) electrons. The Bertz CT molecular complexity index is 2440. The van der Waals surface area contributed by atoms with Gasteiger partial charge < -0.3 is 0 Å². The average molecular weight is 561 g/mol. The molecule has 0 spiro atoms. The number of rotatable bonds is 4. The molecule has 0 aliphatic heterocycles. The van der Waals surface area contributed by atoms with Crippen LogP contribution < -0.4 is 0 Å². The zero-order valence-corrected chi connectivity index (χ0v) is 23.7. The highest BCUT2D eigenvalue weighted by Gasteiger charge is 2.19. The predicted molar refractivity (Wildman–Crippen MR) is 184 cm³/mol. The van der Waals surface area contributed by atoms with Gasteiger partial charge in [-0.15, -0.1) is 0 Å². The molecule has 0 unspecified atom stereocenters. The van der Waals surface area contributed by atoms with E-state index in [4.69, 9.17) is 0 Å². The number of carbonyl (C=O) groups excluding carboxylic acids is 2. The van der Waals surface area contributed by atoms with Crippen LogP contribution in [0.3, 0.4) is 0 Å². The highest BCUT2D eigenvalue weighted by atomic mass is 16.1. The molecular weight excluding hydrogens is 536 g/mol. The molecule has 204 valence electrons. The predicted octanol–water partition coefficient (Wildman–Crippen LogP) is 11.0. The lowest BCUT2D eigenvalue weighted by Crippen LogP contribution is -1.94. The van der Waals surface area contributed by atoms with Crippen LogP contribution in [0.4, 0.5) is 0 Å². The van der Waals surface area contributed by atoms with Crippen molar-refractivity contribution in [3.05, 3.63) is 145 Å². The van der Waals surface area contributed by atoms with E-state index in [1.165, 1.54) is 32.3 Å². The van der Waals surface area contributed by atoms with Gasteiger partial charge in [0.1, 0.15) is 0 Å². The molecule has 0 atom stereocenters. The summed E-state index contributed by atoms with van der Waals surface area (Å²) >= 11 is 0. The minimum atomic E-state index is 0.716. The van der Waals surface area contributed by atoms with Crippen LogP contribution in [-0.4, -0.2) is 12.6 Å². The first-order valence-electron chi connectivity index (χ1n) is 14.8. The molecule has 2 nitrogen and oxygen atoms in total. The van der Waals surface area contributed by atoms with Crippen LogP contribution in [0.5, 0.6) is 0 Å². The van der Waals surface area contributed by atoms with Gasteiger partial charge in [0.05, 0.1) is 0 Å². The van der Waals surface area contributed by atoms with Crippen molar-refractivity contribution in [1.82, 2.24) is 0 Å². The maximum absolute atomic E-state index is 12.5. The van der Waals surface area contributed by atoms with E-state index in [1.807, 2.05) is 48.5 Å². The van der Waals surface area contributed by atoms with Crippen LogP contribution in [0.1, 0.15) is 20.7 Å². The molecule has 0 saturated heterocycles. The van der Waals surface area contributed by atoms with Crippen molar-refractivity contribution in [2.24, 2.45) is 0 Å². The molecule has 0 aromatic heterocycles. The topological polar surface area (TPSA) is 34.1 Å². The summed E-state index contributed by atoms with van der Waals surface area (Å²) in [4.78, 5) is 25.0. The van der Waals surface area contributed by atoms with E-state index in [9.17, 15) is 9.59 Å². The molecule has 9 aromatic carbocycles. The first-order chi connectivity index (χ1) is 21.8. The van der Waals surface area contributed by atoms with Gasteiger partial charge in [0, 0.05) is 11.1 Å². The van der Waals surface area contributed by atoms with Gasteiger partial charge in [0.15, 0.2) is 12.6 Å². The summed E-state index contributed by atoms with van der Waals surface area (Å²) in [6.45, 7) is 0. The second-order valence-electron chi connectivity index (χ2n) is 11.5. The lowest BCUT2D eigenvalue weighted by atomic mass is 9.84. The van der Waals surface area contributed by atoms with Crippen LogP contribution in [0.2, 0.25) is 0 Å². The first-order valence-corrected chi connectivity index (χ1v) is 14.8. The van der Waals surface area contributed by atoms with Gasteiger partial charge in [-0.05, 0) is 86.9 Å². The van der Waals surface area contributed by atoms with Crippen molar-refractivity contribution < 1.29 is 9.59 Å². The number of hydrogen-bond donors (Lipinski definition) is 0. The fourth-order valence-corrected chi connectivity index (χ4v) is 7.50. The summed E-state index contributed by atoms with van der Waals surface area (Å²) in [5.41, 5.74) is 5.43. The molecular formula is C42H24O2. The summed E-state index contributed by atoms with van der Waals surface area (Å²) in [6, 6.07) is 46.2. The molecule has 0 aliphatic rings. The summed E-state index contributed by atoms with van der Waals surface area (Å²) in [6.07, 6.45) is 1.98. The second-order valence-corrected chi connectivity index (χ2v) is 11.5. The fourth-order valence-electron chi connectivity index (χ4n) is 7.50. The summed E-state index contributed by atoms with van der Waals surface area (Å²) in [7, 11) is 0. The van der Waals surface area contributed by atoms with Gasteiger partial charge >= 0.3 is 0 Å². The first kappa shape index (κ1) is 24.7. The molecule has 2 heteroatoms. The van der Waals surface area contributed by atoms with E-state index in [1.54, 1.807) is 0 Å². The smallest absolute Gasteiger partial charge is 0.151 e. The Kier molecular flexibility index (Phi) is 5.24. The molecule has 44 heavy (non-hydrogen) atoms. The maximum atomic E-state index is 12.5. The largest absolute Gasteiger partial charge is 0.298 e. The average Bonchev–Trinajstić information content (AvgIpc) is 3.09. The van der Waals surface area contributed by atoms with E-state index >= 15 is 0 Å². The van der Waals surface area contributed by atoms with Crippen molar-refractivity contribution in [1.29, 1.82) is 0 Å². The summed E-state index contributed by atoms with van der Waals surface area (Å²) in [5.74, 6) is 0.